The van der Waals surface area contributed by atoms with Crippen molar-refractivity contribution >= 4 is 5.91 Å². The van der Waals surface area contributed by atoms with E-state index in [0.29, 0.717) is 19.6 Å². The third kappa shape index (κ3) is 5.19. The van der Waals surface area contributed by atoms with Crippen LogP contribution in [0.2, 0.25) is 0 Å². The first kappa shape index (κ1) is 11.5. The van der Waals surface area contributed by atoms with Gasteiger partial charge in [-0.2, -0.15) is 0 Å². The van der Waals surface area contributed by atoms with E-state index in [1.54, 1.807) is 13.8 Å². The number of hydrogen-bond acceptors (Lipinski definition) is 3. The standard InChI is InChI=1S/C10H20N2O2/c1-10(2,14)7-11-5-6-12-9(13)8-3-4-8/h8,11,14H,3-7H2,1-2H3,(H,12,13). The van der Waals surface area contributed by atoms with Gasteiger partial charge in [-0.3, -0.25) is 4.79 Å². The van der Waals surface area contributed by atoms with Gasteiger partial charge >= 0.3 is 0 Å². The topological polar surface area (TPSA) is 61.4 Å². The van der Waals surface area contributed by atoms with E-state index in [-0.39, 0.29) is 11.8 Å². The van der Waals surface area contributed by atoms with Gasteiger partial charge in [0.2, 0.25) is 5.91 Å². The number of nitrogens with one attached hydrogen (secondary N) is 2. The number of rotatable bonds is 6. The Hall–Kier alpha value is -0.610. The first-order valence-electron chi connectivity index (χ1n) is 5.20. The van der Waals surface area contributed by atoms with Gasteiger partial charge in [-0.05, 0) is 26.7 Å². The second-order valence-electron chi connectivity index (χ2n) is 4.55. The summed E-state index contributed by atoms with van der Waals surface area (Å²) in [5.41, 5.74) is -0.680. The average Bonchev–Trinajstić information content (AvgIpc) is 2.83. The molecule has 0 aromatic rings. The first-order valence-corrected chi connectivity index (χ1v) is 5.20. The number of aliphatic hydroxyl groups is 1. The lowest BCUT2D eigenvalue weighted by atomic mass is 10.1. The largest absolute Gasteiger partial charge is 0.389 e. The molecule has 3 N–H and O–H groups in total. The molecule has 1 aliphatic carbocycles. The molecule has 1 aliphatic rings. The Bertz CT molecular complexity index is 195. The molecule has 0 spiro atoms. The van der Waals surface area contributed by atoms with Gasteiger partial charge in [-0.1, -0.05) is 0 Å². The van der Waals surface area contributed by atoms with Crippen LogP contribution in [0.4, 0.5) is 0 Å². The lowest BCUT2D eigenvalue weighted by Gasteiger charge is -2.17. The van der Waals surface area contributed by atoms with Gasteiger partial charge in [0.15, 0.2) is 0 Å². The Morgan fingerprint density at radius 2 is 2.07 bits per heavy atom. The molecular weight excluding hydrogens is 180 g/mol. The summed E-state index contributed by atoms with van der Waals surface area (Å²) in [6.07, 6.45) is 2.09. The Kier molecular flexibility index (Phi) is 3.89. The first-order chi connectivity index (χ1) is 6.49. The minimum Gasteiger partial charge on any atom is -0.389 e. The summed E-state index contributed by atoms with van der Waals surface area (Å²) in [7, 11) is 0. The molecule has 82 valence electrons. The number of carbonyl (C=O) groups is 1. The Morgan fingerprint density at radius 3 is 2.57 bits per heavy atom. The van der Waals surface area contributed by atoms with Crippen molar-refractivity contribution in [3.63, 3.8) is 0 Å². The van der Waals surface area contributed by atoms with Gasteiger partial charge in [0.1, 0.15) is 0 Å². The quantitative estimate of drug-likeness (QED) is 0.524. The van der Waals surface area contributed by atoms with E-state index in [9.17, 15) is 9.90 Å². The summed E-state index contributed by atoms with van der Waals surface area (Å²) >= 11 is 0. The molecule has 14 heavy (non-hydrogen) atoms. The molecule has 1 rings (SSSR count). The van der Waals surface area contributed by atoms with Crippen LogP contribution in [0.3, 0.4) is 0 Å². The molecule has 0 bridgehead atoms. The van der Waals surface area contributed by atoms with E-state index in [1.807, 2.05) is 0 Å². The smallest absolute Gasteiger partial charge is 0.223 e. The lowest BCUT2D eigenvalue weighted by Crippen LogP contribution is -2.39. The van der Waals surface area contributed by atoms with Crippen molar-refractivity contribution in [1.82, 2.24) is 10.6 Å². The van der Waals surface area contributed by atoms with E-state index in [4.69, 9.17) is 0 Å². The summed E-state index contributed by atoms with van der Waals surface area (Å²) in [4.78, 5) is 11.2. The molecule has 1 saturated carbocycles. The SMILES string of the molecule is CC(C)(O)CNCCNC(=O)C1CC1. The summed E-state index contributed by atoms with van der Waals surface area (Å²) < 4.78 is 0. The molecule has 0 heterocycles. The van der Waals surface area contributed by atoms with E-state index in [0.717, 1.165) is 12.8 Å². The zero-order valence-corrected chi connectivity index (χ0v) is 8.97. The molecule has 0 radical (unpaired) electrons. The fourth-order valence-electron chi connectivity index (χ4n) is 1.16. The normalized spacial score (nSPS) is 16.8. The van der Waals surface area contributed by atoms with Crippen LogP contribution in [0.15, 0.2) is 0 Å². The van der Waals surface area contributed by atoms with Crippen LogP contribution in [0, 0.1) is 5.92 Å². The van der Waals surface area contributed by atoms with Gasteiger partial charge in [-0.15, -0.1) is 0 Å². The Labute approximate surface area is 85.1 Å². The molecule has 0 aromatic heterocycles. The van der Waals surface area contributed by atoms with Crippen molar-refractivity contribution in [3.05, 3.63) is 0 Å². The van der Waals surface area contributed by atoms with Crippen molar-refractivity contribution in [2.75, 3.05) is 19.6 Å². The molecule has 1 amide bonds. The zero-order valence-electron chi connectivity index (χ0n) is 8.97. The van der Waals surface area contributed by atoms with Crippen LogP contribution in [0.5, 0.6) is 0 Å². The molecule has 0 atom stereocenters. The molecule has 0 aromatic carbocycles. The maximum absolute atomic E-state index is 11.2. The second-order valence-corrected chi connectivity index (χ2v) is 4.55. The minimum atomic E-state index is -0.680. The second kappa shape index (κ2) is 4.75. The third-order valence-corrected chi connectivity index (χ3v) is 2.11. The van der Waals surface area contributed by atoms with Crippen LogP contribution >= 0.6 is 0 Å². The predicted octanol–water partition coefficient (Wildman–Crippen LogP) is -0.127. The lowest BCUT2D eigenvalue weighted by molar-refractivity contribution is -0.122. The van der Waals surface area contributed by atoms with Crippen LogP contribution in [0.25, 0.3) is 0 Å². The third-order valence-electron chi connectivity index (χ3n) is 2.11. The Balaban J connectivity index is 1.91. The van der Waals surface area contributed by atoms with E-state index < -0.39 is 5.60 Å². The molecular formula is C10H20N2O2. The summed E-state index contributed by atoms with van der Waals surface area (Å²) in [5.74, 6) is 0.458. The summed E-state index contributed by atoms with van der Waals surface area (Å²) in [5, 5.41) is 15.3. The number of carbonyl (C=O) groups excluding carboxylic acids is 1. The molecule has 4 nitrogen and oxygen atoms in total. The monoisotopic (exact) mass is 200 g/mol. The van der Waals surface area contributed by atoms with Gasteiger partial charge in [0, 0.05) is 25.6 Å². The minimum absolute atomic E-state index is 0.176. The average molecular weight is 200 g/mol. The van der Waals surface area contributed by atoms with Gasteiger partial charge in [0.25, 0.3) is 0 Å². The van der Waals surface area contributed by atoms with Crippen molar-refractivity contribution < 1.29 is 9.90 Å². The molecule has 0 saturated heterocycles. The molecule has 0 unspecified atom stereocenters. The fraction of sp³-hybridized carbons (Fsp3) is 0.900. The van der Waals surface area contributed by atoms with E-state index in [1.165, 1.54) is 0 Å². The van der Waals surface area contributed by atoms with Crippen LogP contribution < -0.4 is 10.6 Å². The number of amides is 1. The van der Waals surface area contributed by atoms with E-state index in [2.05, 4.69) is 10.6 Å². The van der Waals surface area contributed by atoms with Crippen molar-refractivity contribution in [1.29, 1.82) is 0 Å². The van der Waals surface area contributed by atoms with Crippen molar-refractivity contribution in [2.45, 2.75) is 32.3 Å². The van der Waals surface area contributed by atoms with Gasteiger partial charge < -0.3 is 15.7 Å². The zero-order chi connectivity index (χ0) is 10.6. The predicted molar refractivity (Wildman–Crippen MR) is 54.9 cm³/mol. The Morgan fingerprint density at radius 1 is 1.43 bits per heavy atom. The summed E-state index contributed by atoms with van der Waals surface area (Å²) in [6, 6.07) is 0. The van der Waals surface area contributed by atoms with Crippen LogP contribution in [0.1, 0.15) is 26.7 Å². The number of hydrogen-bond donors (Lipinski definition) is 3. The molecule has 1 fully saturated rings. The highest BCUT2D eigenvalue weighted by Crippen LogP contribution is 2.28. The van der Waals surface area contributed by atoms with Crippen LogP contribution in [-0.2, 0) is 4.79 Å². The maximum Gasteiger partial charge on any atom is 0.223 e. The van der Waals surface area contributed by atoms with Crippen molar-refractivity contribution in [3.8, 4) is 0 Å². The van der Waals surface area contributed by atoms with Gasteiger partial charge in [-0.25, -0.2) is 0 Å². The fourth-order valence-corrected chi connectivity index (χ4v) is 1.16. The van der Waals surface area contributed by atoms with E-state index >= 15 is 0 Å². The van der Waals surface area contributed by atoms with Crippen molar-refractivity contribution in [2.24, 2.45) is 5.92 Å². The maximum atomic E-state index is 11.2. The highest BCUT2D eigenvalue weighted by Gasteiger charge is 2.28. The molecule has 0 aliphatic heterocycles. The van der Waals surface area contributed by atoms with Gasteiger partial charge in [0.05, 0.1) is 5.60 Å². The highest BCUT2D eigenvalue weighted by atomic mass is 16.3. The summed E-state index contributed by atoms with van der Waals surface area (Å²) in [6.45, 7) is 5.41. The molecule has 4 heteroatoms. The van der Waals surface area contributed by atoms with Crippen LogP contribution in [-0.4, -0.2) is 36.2 Å². The highest BCUT2D eigenvalue weighted by molar-refractivity contribution is 5.80.